The van der Waals surface area contributed by atoms with E-state index in [0.717, 1.165) is 36.8 Å². The molecule has 3 unspecified atom stereocenters. The lowest BCUT2D eigenvalue weighted by molar-refractivity contribution is -0.0571. The Morgan fingerprint density at radius 3 is 2.70 bits per heavy atom. The molecule has 1 aliphatic carbocycles. The lowest BCUT2D eigenvalue weighted by Crippen LogP contribution is -2.28. The van der Waals surface area contributed by atoms with Gasteiger partial charge in [-0.25, -0.2) is 0 Å². The molecule has 2 rings (SSSR count). The zero-order chi connectivity index (χ0) is 14.5. The third kappa shape index (κ3) is 4.05. The number of benzene rings is 1. The molecule has 1 aromatic rings. The maximum atomic E-state index is 10.3. The summed E-state index contributed by atoms with van der Waals surface area (Å²) < 4.78 is 11.3. The molecule has 3 atom stereocenters. The SMILES string of the molecule is COC1CCCC(OCC(O)c2ccc(C)cc2C)C1. The highest BCUT2D eigenvalue weighted by Crippen LogP contribution is 2.25. The van der Waals surface area contributed by atoms with Crippen molar-refractivity contribution in [3.63, 3.8) is 0 Å². The average Bonchev–Trinajstić information content (AvgIpc) is 2.45. The summed E-state index contributed by atoms with van der Waals surface area (Å²) in [7, 11) is 1.76. The van der Waals surface area contributed by atoms with Crippen molar-refractivity contribution in [3.8, 4) is 0 Å². The number of rotatable bonds is 5. The lowest BCUT2D eigenvalue weighted by Gasteiger charge is -2.29. The van der Waals surface area contributed by atoms with Crippen LogP contribution in [0.3, 0.4) is 0 Å². The molecule has 0 saturated heterocycles. The van der Waals surface area contributed by atoms with Crippen LogP contribution in [0.4, 0.5) is 0 Å². The molecule has 3 heteroatoms. The minimum Gasteiger partial charge on any atom is -0.386 e. The van der Waals surface area contributed by atoms with E-state index in [1.54, 1.807) is 7.11 Å². The Bertz CT molecular complexity index is 430. The van der Waals surface area contributed by atoms with Crippen molar-refractivity contribution >= 4 is 0 Å². The number of methoxy groups -OCH3 is 1. The number of hydrogen-bond donors (Lipinski definition) is 1. The Labute approximate surface area is 121 Å². The van der Waals surface area contributed by atoms with Crippen LogP contribution in [0.5, 0.6) is 0 Å². The topological polar surface area (TPSA) is 38.7 Å². The Kier molecular flexibility index (Phi) is 5.58. The molecule has 112 valence electrons. The predicted molar refractivity (Wildman–Crippen MR) is 79.9 cm³/mol. The number of aryl methyl sites for hydroxylation is 2. The number of aliphatic hydroxyl groups is 1. The summed E-state index contributed by atoms with van der Waals surface area (Å²) in [4.78, 5) is 0. The van der Waals surface area contributed by atoms with E-state index in [-0.39, 0.29) is 6.10 Å². The molecule has 0 aliphatic heterocycles. The molecule has 1 saturated carbocycles. The van der Waals surface area contributed by atoms with E-state index in [1.165, 1.54) is 5.56 Å². The Balaban J connectivity index is 1.86. The van der Waals surface area contributed by atoms with E-state index in [4.69, 9.17) is 9.47 Å². The van der Waals surface area contributed by atoms with Gasteiger partial charge in [0.15, 0.2) is 0 Å². The molecular weight excluding hydrogens is 252 g/mol. The van der Waals surface area contributed by atoms with Gasteiger partial charge in [-0.1, -0.05) is 23.8 Å². The summed E-state index contributed by atoms with van der Waals surface area (Å²) in [6.45, 7) is 4.46. The normalized spacial score (nSPS) is 24.6. The summed E-state index contributed by atoms with van der Waals surface area (Å²) in [5, 5.41) is 10.3. The van der Waals surface area contributed by atoms with Crippen LogP contribution in [0.2, 0.25) is 0 Å². The molecule has 0 bridgehead atoms. The highest BCUT2D eigenvalue weighted by Gasteiger charge is 2.23. The van der Waals surface area contributed by atoms with Crippen LogP contribution in [-0.2, 0) is 9.47 Å². The van der Waals surface area contributed by atoms with Crippen molar-refractivity contribution in [1.82, 2.24) is 0 Å². The maximum Gasteiger partial charge on any atom is 0.103 e. The Morgan fingerprint density at radius 1 is 1.25 bits per heavy atom. The van der Waals surface area contributed by atoms with Gasteiger partial charge >= 0.3 is 0 Å². The van der Waals surface area contributed by atoms with Crippen molar-refractivity contribution in [2.75, 3.05) is 13.7 Å². The van der Waals surface area contributed by atoms with Gasteiger partial charge in [0, 0.05) is 7.11 Å². The van der Waals surface area contributed by atoms with Gasteiger partial charge in [0.25, 0.3) is 0 Å². The van der Waals surface area contributed by atoms with Gasteiger partial charge < -0.3 is 14.6 Å². The van der Waals surface area contributed by atoms with Gasteiger partial charge in [0.05, 0.1) is 18.8 Å². The molecule has 0 amide bonds. The summed E-state index contributed by atoms with van der Waals surface area (Å²) in [6.07, 6.45) is 4.26. The van der Waals surface area contributed by atoms with E-state index in [2.05, 4.69) is 13.0 Å². The van der Waals surface area contributed by atoms with Crippen molar-refractivity contribution < 1.29 is 14.6 Å². The molecule has 0 aromatic heterocycles. The molecule has 1 fully saturated rings. The molecular formula is C17H26O3. The molecule has 0 heterocycles. The third-order valence-corrected chi connectivity index (χ3v) is 4.19. The zero-order valence-electron chi connectivity index (χ0n) is 12.8. The molecule has 3 nitrogen and oxygen atoms in total. The molecule has 1 aliphatic rings. The highest BCUT2D eigenvalue weighted by atomic mass is 16.5. The first-order chi connectivity index (χ1) is 9.60. The van der Waals surface area contributed by atoms with Crippen LogP contribution in [0.25, 0.3) is 0 Å². The number of hydrogen-bond acceptors (Lipinski definition) is 3. The minimum absolute atomic E-state index is 0.217. The van der Waals surface area contributed by atoms with E-state index >= 15 is 0 Å². The van der Waals surface area contributed by atoms with Gasteiger partial charge in [0.1, 0.15) is 6.10 Å². The summed E-state index contributed by atoms with van der Waals surface area (Å²) in [5.41, 5.74) is 3.31. The summed E-state index contributed by atoms with van der Waals surface area (Å²) in [5.74, 6) is 0. The fourth-order valence-corrected chi connectivity index (χ4v) is 2.98. The van der Waals surface area contributed by atoms with Crippen LogP contribution in [0, 0.1) is 13.8 Å². The average molecular weight is 278 g/mol. The van der Waals surface area contributed by atoms with Crippen LogP contribution in [-0.4, -0.2) is 31.0 Å². The second-order valence-corrected chi connectivity index (χ2v) is 5.86. The maximum absolute atomic E-state index is 10.3. The fraction of sp³-hybridized carbons (Fsp3) is 0.647. The molecule has 20 heavy (non-hydrogen) atoms. The van der Waals surface area contributed by atoms with E-state index in [1.807, 2.05) is 19.1 Å². The monoisotopic (exact) mass is 278 g/mol. The largest absolute Gasteiger partial charge is 0.386 e. The smallest absolute Gasteiger partial charge is 0.103 e. The number of aliphatic hydroxyl groups excluding tert-OH is 1. The van der Waals surface area contributed by atoms with E-state index < -0.39 is 6.10 Å². The standard InChI is InChI=1S/C17H26O3/c1-12-7-8-16(13(2)9-12)17(18)11-20-15-6-4-5-14(10-15)19-3/h7-9,14-15,17-18H,4-6,10-11H2,1-3H3. The second kappa shape index (κ2) is 7.21. The van der Waals surface area contributed by atoms with Crippen molar-refractivity contribution in [3.05, 3.63) is 34.9 Å². The summed E-state index contributed by atoms with van der Waals surface area (Å²) in [6, 6.07) is 6.13. The first kappa shape index (κ1) is 15.5. The minimum atomic E-state index is -0.543. The highest BCUT2D eigenvalue weighted by molar-refractivity contribution is 5.31. The van der Waals surface area contributed by atoms with Gasteiger partial charge in [-0.3, -0.25) is 0 Å². The molecule has 1 aromatic carbocycles. The first-order valence-electron chi connectivity index (χ1n) is 7.49. The van der Waals surface area contributed by atoms with E-state index in [9.17, 15) is 5.11 Å². The number of ether oxygens (including phenoxy) is 2. The zero-order valence-corrected chi connectivity index (χ0v) is 12.8. The Morgan fingerprint density at radius 2 is 2.00 bits per heavy atom. The molecule has 0 spiro atoms. The molecule has 0 radical (unpaired) electrons. The predicted octanol–water partition coefficient (Wildman–Crippen LogP) is 3.31. The second-order valence-electron chi connectivity index (χ2n) is 5.86. The first-order valence-corrected chi connectivity index (χ1v) is 7.49. The fourth-order valence-electron chi connectivity index (χ4n) is 2.98. The summed E-state index contributed by atoms with van der Waals surface area (Å²) >= 11 is 0. The van der Waals surface area contributed by atoms with Gasteiger partial charge in [0.2, 0.25) is 0 Å². The van der Waals surface area contributed by atoms with Crippen molar-refractivity contribution in [2.24, 2.45) is 0 Å². The van der Waals surface area contributed by atoms with Gasteiger partial charge in [-0.05, 0) is 50.7 Å². The lowest BCUT2D eigenvalue weighted by atomic mass is 9.95. The molecule has 1 N–H and O–H groups in total. The van der Waals surface area contributed by atoms with Crippen LogP contribution in [0.15, 0.2) is 18.2 Å². The van der Waals surface area contributed by atoms with Crippen LogP contribution >= 0.6 is 0 Å². The van der Waals surface area contributed by atoms with Gasteiger partial charge in [-0.2, -0.15) is 0 Å². The Hall–Kier alpha value is -0.900. The van der Waals surface area contributed by atoms with Crippen LogP contribution in [0.1, 0.15) is 48.5 Å². The van der Waals surface area contributed by atoms with E-state index in [0.29, 0.717) is 12.7 Å². The third-order valence-electron chi connectivity index (χ3n) is 4.19. The van der Waals surface area contributed by atoms with Crippen molar-refractivity contribution in [1.29, 1.82) is 0 Å². The quantitative estimate of drug-likeness (QED) is 0.898. The van der Waals surface area contributed by atoms with Crippen molar-refractivity contribution in [2.45, 2.75) is 57.8 Å². The van der Waals surface area contributed by atoms with Gasteiger partial charge in [-0.15, -0.1) is 0 Å². The van der Waals surface area contributed by atoms with Crippen LogP contribution < -0.4 is 0 Å².